The van der Waals surface area contributed by atoms with Crippen LogP contribution in [0.3, 0.4) is 0 Å². The molecule has 3 aromatic rings. The largest absolute Gasteiger partial charge is 3.00 e. The average Bonchev–Trinajstić information content (AvgIpc) is 2.94. The number of aliphatic hydroxyl groups excluding tert-OH is 1. The van der Waals surface area contributed by atoms with Crippen LogP contribution >= 0.6 is 0 Å². The summed E-state index contributed by atoms with van der Waals surface area (Å²) in [5.41, 5.74) is 4.25. The zero-order chi connectivity index (χ0) is 16.5. The van der Waals surface area contributed by atoms with E-state index < -0.39 is 8.07 Å². The van der Waals surface area contributed by atoms with Gasteiger partial charge in [-0.2, -0.15) is 0 Å². The fourth-order valence-electron chi connectivity index (χ4n) is 4.66. The summed E-state index contributed by atoms with van der Waals surface area (Å²) in [7, 11) is -1.41. The minimum absolute atomic E-state index is 0. The molecule has 3 aromatic carbocycles. The number of aliphatic hydroxyl groups is 1. The SMILES string of the molecule is C[Si]1(C)c2c(C3=C(CCO)C=CC3)cc3c([cH-]c4ccccc43)c21.[Cl-].[Cl-].[Zr+3]. The van der Waals surface area contributed by atoms with Crippen LogP contribution in [-0.4, -0.2) is 19.8 Å². The molecule has 1 radical (unpaired) electrons. The number of hydrogen-bond acceptors (Lipinski definition) is 1. The van der Waals surface area contributed by atoms with Gasteiger partial charge in [-0.05, 0) is 29.6 Å². The summed E-state index contributed by atoms with van der Waals surface area (Å²) < 4.78 is 0. The number of fused-ring (bicyclic) bond motifs is 5. The molecule has 1 aliphatic heterocycles. The standard InChI is InChI=1S/C22H21OSi.2ClH.Zr/c1-24(2)21-19-12-15-6-3-4-8-17(15)18(19)13-20(22(21)24)16-9-5-7-14(16)10-11-23;;;/h3-8,12-13,23H,9-11H2,1-2H3;2*1H;/q-1;;;+3/p-2. The Balaban J connectivity index is 0.000000871. The van der Waals surface area contributed by atoms with Crippen LogP contribution in [0.2, 0.25) is 13.1 Å². The van der Waals surface area contributed by atoms with Gasteiger partial charge >= 0.3 is 26.2 Å². The first kappa shape index (κ1) is 22.7. The fraction of sp³-hybridized carbons (Fsp3) is 0.227. The van der Waals surface area contributed by atoms with Gasteiger partial charge in [-0.1, -0.05) is 54.7 Å². The third kappa shape index (κ3) is 3.26. The molecule has 0 bridgehead atoms. The van der Waals surface area contributed by atoms with Gasteiger partial charge in [0.2, 0.25) is 0 Å². The van der Waals surface area contributed by atoms with Gasteiger partial charge in [0.05, 0.1) is 8.07 Å². The van der Waals surface area contributed by atoms with Gasteiger partial charge in [-0.25, -0.2) is 0 Å². The molecule has 1 nitrogen and oxygen atoms in total. The molecule has 0 saturated carbocycles. The summed E-state index contributed by atoms with van der Waals surface area (Å²) in [5, 5.41) is 18.4. The van der Waals surface area contributed by atoms with Crippen LogP contribution in [-0.2, 0) is 26.2 Å². The summed E-state index contributed by atoms with van der Waals surface area (Å²) >= 11 is 0. The van der Waals surface area contributed by atoms with Crippen molar-refractivity contribution >= 4 is 45.6 Å². The Bertz CT molecular complexity index is 1080. The van der Waals surface area contributed by atoms with Crippen molar-refractivity contribution in [3.63, 3.8) is 0 Å². The molecule has 0 aromatic heterocycles. The van der Waals surface area contributed by atoms with Crippen molar-refractivity contribution < 1.29 is 56.1 Å². The van der Waals surface area contributed by atoms with E-state index in [4.69, 9.17) is 0 Å². The molecule has 0 saturated heterocycles. The Kier molecular flexibility index (Phi) is 6.77. The first-order valence-electron chi connectivity index (χ1n) is 8.79. The van der Waals surface area contributed by atoms with Crippen molar-refractivity contribution in [1.29, 1.82) is 0 Å². The average molecular weight is 492 g/mol. The van der Waals surface area contributed by atoms with E-state index >= 15 is 0 Å². The second kappa shape index (κ2) is 8.05. The van der Waals surface area contributed by atoms with Gasteiger partial charge in [0, 0.05) is 6.61 Å². The van der Waals surface area contributed by atoms with E-state index in [2.05, 4.69) is 61.6 Å². The van der Waals surface area contributed by atoms with Crippen molar-refractivity contribution in [3.8, 4) is 0 Å². The van der Waals surface area contributed by atoms with Crippen molar-refractivity contribution in [3.05, 3.63) is 59.7 Å². The quantitative estimate of drug-likeness (QED) is 0.331. The third-order valence-corrected chi connectivity index (χ3v) is 9.13. The van der Waals surface area contributed by atoms with E-state index in [-0.39, 0.29) is 57.6 Å². The van der Waals surface area contributed by atoms with Crippen LogP contribution in [0.4, 0.5) is 0 Å². The molecular formula is C22H21Cl2OSiZr. The van der Waals surface area contributed by atoms with Crippen LogP contribution in [0.25, 0.3) is 27.1 Å². The van der Waals surface area contributed by atoms with Gasteiger partial charge in [0.15, 0.2) is 0 Å². The van der Waals surface area contributed by atoms with Gasteiger partial charge in [-0.15, -0.1) is 38.9 Å². The maximum absolute atomic E-state index is 9.40. The minimum atomic E-state index is -1.41. The number of benzene rings is 2. The van der Waals surface area contributed by atoms with Gasteiger partial charge < -0.3 is 29.9 Å². The molecule has 1 N–H and O–H groups in total. The maximum Gasteiger partial charge on any atom is 3.00 e. The minimum Gasteiger partial charge on any atom is -1.00 e. The van der Waals surface area contributed by atoms with Crippen LogP contribution < -0.4 is 35.2 Å². The number of halogens is 2. The fourth-order valence-corrected chi connectivity index (χ4v) is 8.40. The molecule has 0 atom stereocenters. The topological polar surface area (TPSA) is 20.2 Å². The van der Waals surface area contributed by atoms with Crippen molar-refractivity contribution in [2.45, 2.75) is 25.9 Å². The number of hydrogen-bond donors (Lipinski definition) is 1. The molecule has 5 rings (SSSR count). The second-order valence-electron chi connectivity index (χ2n) is 7.58. The van der Waals surface area contributed by atoms with E-state index in [1.165, 1.54) is 38.3 Å². The Labute approximate surface area is 192 Å². The van der Waals surface area contributed by atoms with E-state index in [1.54, 1.807) is 10.4 Å². The molecule has 0 amide bonds. The van der Waals surface area contributed by atoms with E-state index in [0.717, 1.165) is 12.8 Å². The molecule has 1 aliphatic carbocycles. The van der Waals surface area contributed by atoms with Crippen molar-refractivity contribution in [2.75, 3.05) is 6.61 Å². The monoisotopic (exact) mass is 489 g/mol. The smallest absolute Gasteiger partial charge is 1.00 e. The predicted octanol–water partition coefficient (Wildman–Crippen LogP) is -2.05. The molecule has 137 valence electrons. The van der Waals surface area contributed by atoms with Crippen LogP contribution in [0.1, 0.15) is 18.4 Å². The van der Waals surface area contributed by atoms with Crippen molar-refractivity contribution in [2.24, 2.45) is 0 Å². The zero-order valence-electron chi connectivity index (χ0n) is 15.4. The molecular weight excluding hydrogens is 470 g/mol. The van der Waals surface area contributed by atoms with E-state index in [0.29, 0.717) is 0 Å². The third-order valence-electron chi connectivity index (χ3n) is 5.84. The van der Waals surface area contributed by atoms with Crippen LogP contribution in [0, 0.1) is 0 Å². The molecule has 5 heteroatoms. The summed E-state index contributed by atoms with van der Waals surface area (Å²) in [6, 6.07) is 13.6. The first-order valence-corrected chi connectivity index (χ1v) is 11.8. The summed E-state index contributed by atoms with van der Waals surface area (Å²) in [6.07, 6.45) is 6.23. The first-order chi connectivity index (χ1) is 11.6. The van der Waals surface area contributed by atoms with E-state index in [9.17, 15) is 5.11 Å². The van der Waals surface area contributed by atoms with E-state index in [1.807, 2.05) is 0 Å². The number of rotatable bonds is 3. The second-order valence-corrected chi connectivity index (χ2v) is 11.8. The van der Waals surface area contributed by atoms with Crippen LogP contribution in [0.5, 0.6) is 0 Å². The Hall–Kier alpha value is -0.570. The Morgan fingerprint density at radius 3 is 2.56 bits per heavy atom. The van der Waals surface area contributed by atoms with Gasteiger partial charge in [-0.3, -0.25) is 0 Å². The molecule has 0 spiro atoms. The number of allylic oxidation sites excluding steroid dienone is 3. The zero-order valence-corrected chi connectivity index (χ0v) is 20.4. The molecule has 0 fully saturated rings. The predicted molar refractivity (Wildman–Crippen MR) is 106 cm³/mol. The van der Waals surface area contributed by atoms with Crippen LogP contribution in [0.15, 0.2) is 54.1 Å². The molecule has 0 unspecified atom stereocenters. The molecule has 1 heterocycles. The summed E-state index contributed by atoms with van der Waals surface area (Å²) in [4.78, 5) is 0. The van der Waals surface area contributed by atoms with Gasteiger partial charge in [0.25, 0.3) is 0 Å². The van der Waals surface area contributed by atoms with Crippen molar-refractivity contribution in [1.82, 2.24) is 0 Å². The van der Waals surface area contributed by atoms with Gasteiger partial charge in [0.1, 0.15) is 0 Å². The molecule has 2 aliphatic rings. The summed E-state index contributed by atoms with van der Waals surface area (Å²) in [6.45, 7) is 5.19. The maximum atomic E-state index is 9.40. The Morgan fingerprint density at radius 2 is 1.81 bits per heavy atom. The normalized spacial score (nSPS) is 16.0. The Morgan fingerprint density at radius 1 is 1.07 bits per heavy atom. The molecule has 27 heavy (non-hydrogen) atoms. The summed E-state index contributed by atoms with van der Waals surface area (Å²) in [5.74, 6) is 0.